The third kappa shape index (κ3) is 4.69. The van der Waals surface area contributed by atoms with Gasteiger partial charge in [-0.05, 0) is 42.5 Å². The highest BCUT2D eigenvalue weighted by Gasteiger charge is 2.23. The first-order valence-electron chi connectivity index (χ1n) is 8.76. The third-order valence-corrected chi connectivity index (χ3v) is 4.95. The summed E-state index contributed by atoms with van der Waals surface area (Å²) in [5.41, 5.74) is 0.677. The van der Waals surface area contributed by atoms with E-state index in [0.29, 0.717) is 28.0 Å². The minimum Gasteiger partial charge on any atom is -0.454 e. The van der Waals surface area contributed by atoms with Gasteiger partial charge in [0.05, 0.1) is 5.02 Å². The van der Waals surface area contributed by atoms with Crippen molar-refractivity contribution in [3.8, 4) is 11.5 Å². The van der Waals surface area contributed by atoms with Crippen LogP contribution in [0.4, 0.5) is 0 Å². The van der Waals surface area contributed by atoms with Crippen LogP contribution < -0.4 is 14.8 Å². The molecule has 1 fully saturated rings. The number of nitrogens with one attached hydrogen (secondary N) is 1. The Labute approximate surface area is 157 Å². The molecule has 0 unspecified atom stereocenters. The Hall–Kier alpha value is -2.21. The van der Waals surface area contributed by atoms with Gasteiger partial charge in [-0.3, -0.25) is 4.79 Å². The van der Waals surface area contributed by atoms with E-state index in [1.165, 1.54) is 12.5 Å². The largest absolute Gasteiger partial charge is 0.454 e. The number of benzene rings is 1. The molecular formula is C19H22ClNO5. The summed E-state index contributed by atoms with van der Waals surface area (Å²) in [6.07, 6.45) is 7.23. The summed E-state index contributed by atoms with van der Waals surface area (Å²) in [6, 6.07) is 3.55. The molecule has 0 bridgehead atoms. The smallest absolute Gasteiger partial charge is 0.331 e. The molecule has 3 rings (SSSR count). The third-order valence-electron chi connectivity index (χ3n) is 4.66. The summed E-state index contributed by atoms with van der Waals surface area (Å²) >= 11 is 6.09. The minimum atomic E-state index is -0.592. The van der Waals surface area contributed by atoms with Gasteiger partial charge in [0, 0.05) is 12.1 Å². The predicted octanol–water partition coefficient (Wildman–Crippen LogP) is 3.32. The fraction of sp³-hybridized carbons (Fsp3) is 0.474. The number of carbonyl (C=O) groups excluding carboxylic acids is 2. The SMILES string of the molecule is C[C@H]1CCCC[C@H]1NC(=O)COC(=O)/C=C/c1cc(Cl)c2c(c1)OCO2. The first-order chi connectivity index (χ1) is 12.5. The van der Waals surface area contributed by atoms with Gasteiger partial charge in [0.2, 0.25) is 6.79 Å². The molecule has 0 spiro atoms. The molecule has 1 heterocycles. The molecule has 1 aliphatic carbocycles. The van der Waals surface area contributed by atoms with Crippen LogP contribution in [0.25, 0.3) is 6.08 Å². The van der Waals surface area contributed by atoms with Gasteiger partial charge < -0.3 is 19.5 Å². The quantitative estimate of drug-likeness (QED) is 0.627. The molecule has 0 saturated heterocycles. The molecule has 26 heavy (non-hydrogen) atoms. The van der Waals surface area contributed by atoms with E-state index in [0.717, 1.165) is 19.3 Å². The number of amides is 1. The summed E-state index contributed by atoms with van der Waals surface area (Å²) in [5.74, 6) is 0.632. The van der Waals surface area contributed by atoms with Crippen molar-refractivity contribution in [1.29, 1.82) is 0 Å². The Kier molecular flexibility index (Phi) is 6.04. The van der Waals surface area contributed by atoms with Gasteiger partial charge >= 0.3 is 5.97 Å². The van der Waals surface area contributed by atoms with E-state index in [2.05, 4.69) is 12.2 Å². The van der Waals surface area contributed by atoms with Crippen LogP contribution in [0.1, 0.15) is 38.2 Å². The van der Waals surface area contributed by atoms with E-state index in [4.69, 9.17) is 25.8 Å². The maximum Gasteiger partial charge on any atom is 0.331 e. The van der Waals surface area contributed by atoms with Crippen LogP contribution in [0.15, 0.2) is 18.2 Å². The Morgan fingerprint density at radius 3 is 2.92 bits per heavy atom. The number of fused-ring (bicyclic) bond motifs is 1. The number of esters is 1. The molecule has 1 N–H and O–H groups in total. The van der Waals surface area contributed by atoms with E-state index in [9.17, 15) is 9.59 Å². The number of hydrogen-bond donors (Lipinski definition) is 1. The predicted molar refractivity (Wildman–Crippen MR) is 97.1 cm³/mol. The highest BCUT2D eigenvalue weighted by atomic mass is 35.5. The molecule has 1 amide bonds. The van der Waals surface area contributed by atoms with E-state index >= 15 is 0 Å². The van der Waals surface area contributed by atoms with E-state index in [-0.39, 0.29) is 25.3 Å². The lowest BCUT2D eigenvalue weighted by Gasteiger charge is -2.29. The maximum atomic E-state index is 11.9. The standard InChI is InChI=1S/C19H22ClNO5/c1-12-4-2-3-5-15(12)21-17(22)10-24-18(23)7-6-13-8-14(20)19-16(9-13)25-11-26-19/h6-9,12,15H,2-5,10-11H2,1H3,(H,21,22)/b7-6+/t12-,15+/m0/s1. The average Bonchev–Trinajstić information content (AvgIpc) is 3.09. The second-order valence-electron chi connectivity index (χ2n) is 6.61. The van der Waals surface area contributed by atoms with Crippen molar-refractivity contribution < 1.29 is 23.8 Å². The lowest BCUT2D eigenvalue weighted by molar-refractivity contribution is -0.144. The molecule has 7 heteroatoms. The lowest BCUT2D eigenvalue weighted by atomic mass is 9.86. The van der Waals surface area contributed by atoms with Crippen molar-refractivity contribution >= 4 is 29.6 Å². The Balaban J connectivity index is 1.47. The zero-order valence-electron chi connectivity index (χ0n) is 14.6. The number of carbonyl (C=O) groups is 2. The van der Waals surface area contributed by atoms with Gasteiger partial charge in [-0.25, -0.2) is 4.79 Å². The van der Waals surface area contributed by atoms with E-state index < -0.39 is 5.97 Å². The number of halogens is 1. The van der Waals surface area contributed by atoms with Crippen molar-refractivity contribution in [2.24, 2.45) is 5.92 Å². The van der Waals surface area contributed by atoms with Crippen LogP contribution >= 0.6 is 11.6 Å². The zero-order chi connectivity index (χ0) is 18.5. The molecule has 6 nitrogen and oxygen atoms in total. The van der Waals surface area contributed by atoms with Crippen molar-refractivity contribution in [3.63, 3.8) is 0 Å². The van der Waals surface area contributed by atoms with Gasteiger partial charge in [-0.1, -0.05) is 31.4 Å². The summed E-state index contributed by atoms with van der Waals surface area (Å²) < 4.78 is 15.5. The molecule has 1 aromatic carbocycles. The van der Waals surface area contributed by atoms with E-state index in [1.54, 1.807) is 18.2 Å². The molecule has 1 saturated carbocycles. The van der Waals surface area contributed by atoms with Crippen LogP contribution in [0.2, 0.25) is 5.02 Å². The number of rotatable bonds is 5. The highest BCUT2D eigenvalue weighted by molar-refractivity contribution is 6.32. The van der Waals surface area contributed by atoms with Crippen LogP contribution in [-0.4, -0.2) is 31.3 Å². The van der Waals surface area contributed by atoms with Crippen LogP contribution in [0.5, 0.6) is 11.5 Å². The van der Waals surface area contributed by atoms with Gasteiger partial charge in [0.25, 0.3) is 5.91 Å². The van der Waals surface area contributed by atoms with E-state index in [1.807, 2.05) is 0 Å². The van der Waals surface area contributed by atoms with Crippen LogP contribution in [0, 0.1) is 5.92 Å². The normalized spacial score (nSPS) is 21.6. The summed E-state index contributed by atoms with van der Waals surface area (Å²) in [4.78, 5) is 23.8. The Bertz CT molecular complexity index is 718. The topological polar surface area (TPSA) is 73.9 Å². The molecule has 1 aromatic rings. The fourth-order valence-corrected chi connectivity index (χ4v) is 3.49. The molecule has 1 aliphatic heterocycles. The molecule has 2 aliphatic rings. The number of ether oxygens (including phenoxy) is 3. The molecule has 0 aromatic heterocycles. The fourth-order valence-electron chi connectivity index (χ4n) is 3.21. The second-order valence-corrected chi connectivity index (χ2v) is 7.02. The molecule has 2 atom stereocenters. The van der Waals surface area contributed by atoms with Crippen LogP contribution in [0.3, 0.4) is 0 Å². The lowest BCUT2D eigenvalue weighted by Crippen LogP contribution is -2.42. The zero-order valence-corrected chi connectivity index (χ0v) is 15.4. The molecule has 140 valence electrons. The van der Waals surface area contributed by atoms with Crippen molar-refractivity contribution in [2.75, 3.05) is 13.4 Å². The summed E-state index contributed by atoms with van der Waals surface area (Å²) in [7, 11) is 0. The van der Waals surface area contributed by atoms with Gasteiger partial charge in [-0.15, -0.1) is 0 Å². The van der Waals surface area contributed by atoms with Gasteiger partial charge in [0.15, 0.2) is 18.1 Å². The van der Waals surface area contributed by atoms with Crippen molar-refractivity contribution in [2.45, 2.75) is 38.6 Å². The molecular weight excluding hydrogens is 358 g/mol. The first kappa shape index (κ1) is 18.6. The first-order valence-corrected chi connectivity index (χ1v) is 9.14. The van der Waals surface area contributed by atoms with Gasteiger partial charge in [0.1, 0.15) is 0 Å². The number of hydrogen-bond acceptors (Lipinski definition) is 5. The Morgan fingerprint density at radius 1 is 1.31 bits per heavy atom. The maximum absolute atomic E-state index is 11.9. The monoisotopic (exact) mass is 379 g/mol. The van der Waals surface area contributed by atoms with Crippen LogP contribution in [-0.2, 0) is 14.3 Å². The molecule has 0 radical (unpaired) electrons. The summed E-state index contributed by atoms with van der Waals surface area (Å²) in [6.45, 7) is 1.97. The highest BCUT2D eigenvalue weighted by Crippen LogP contribution is 2.40. The second kappa shape index (κ2) is 8.45. The average molecular weight is 380 g/mol. The van der Waals surface area contributed by atoms with Crippen molar-refractivity contribution in [3.05, 3.63) is 28.8 Å². The summed E-state index contributed by atoms with van der Waals surface area (Å²) in [5, 5.41) is 3.36. The minimum absolute atomic E-state index is 0.124. The van der Waals surface area contributed by atoms with Crippen molar-refractivity contribution in [1.82, 2.24) is 5.32 Å². The Morgan fingerprint density at radius 2 is 2.12 bits per heavy atom. The van der Waals surface area contributed by atoms with Gasteiger partial charge in [-0.2, -0.15) is 0 Å².